The molecule has 0 spiro atoms. The number of carbonyl (C=O) groups excluding carboxylic acids is 1. The van der Waals surface area contributed by atoms with Crippen LogP contribution in [0.15, 0.2) is 41.5 Å². The fourth-order valence-corrected chi connectivity index (χ4v) is 2.56. The van der Waals surface area contributed by atoms with E-state index < -0.39 is 6.10 Å². The number of nitrogens with zero attached hydrogens (tertiary/aromatic N) is 1. The summed E-state index contributed by atoms with van der Waals surface area (Å²) in [6.07, 6.45) is 0.873. The van der Waals surface area contributed by atoms with Crippen LogP contribution < -0.4 is 19.6 Å². The molecule has 0 fully saturated rings. The molecule has 6 heteroatoms. The average molecular weight is 370 g/mol. The summed E-state index contributed by atoms with van der Waals surface area (Å²) < 4.78 is 16.5. The van der Waals surface area contributed by atoms with E-state index in [-0.39, 0.29) is 5.91 Å². The Bertz CT molecular complexity index is 798. The van der Waals surface area contributed by atoms with Gasteiger partial charge in [0.1, 0.15) is 5.75 Å². The van der Waals surface area contributed by atoms with E-state index in [1.54, 1.807) is 32.4 Å². The maximum atomic E-state index is 12.2. The first-order valence-electron chi connectivity index (χ1n) is 8.81. The van der Waals surface area contributed by atoms with Gasteiger partial charge in [0.05, 0.1) is 19.9 Å². The normalized spacial score (nSPS) is 11.9. The van der Waals surface area contributed by atoms with Crippen molar-refractivity contribution >= 4 is 12.1 Å². The molecule has 2 aromatic rings. The third-order valence-corrected chi connectivity index (χ3v) is 3.75. The van der Waals surface area contributed by atoms with Gasteiger partial charge in [0.2, 0.25) is 0 Å². The second-order valence-corrected chi connectivity index (χ2v) is 6.16. The van der Waals surface area contributed by atoms with Gasteiger partial charge in [0.15, 0.2) is 17.6 Å². The molecule has 1 unspecified atom stereocenters. The highest BCUT2D eigenvalue weighted by Gasteiger charge is 2.14. The Balaban J connectivity index is 1.95. The van der Waals surface area contributed by atoms with Crippen LogP contribution in [0.25, 0.3) is 0 Å². The molecular formula is C21H26N2O4. The zero-order chi connectivity index (χ0) is 19.8. The zero-order valence-electron chi connectivity index (χ0n) is 16.4. The summed E-state index contributed by atoms with van der Waals surface area (Å²) in [5.41, 5.74) is 5.43. The van der Waals surface area contributed by atoms with Crippen LogP contribution in [0.5, 0.6) is 17.2 Å². The van der Waals surface area contributed by atoms with E-state index in [0.29, 0.717) is 23.9 Å². The van der Waals surface area contributed by atoms with Crippen molar-refractivity contribution in [2.45, 2.75) is 33.8 Å². The summed E-state index contributed by atoms with van der Waals surface area (Å²) in [6, 6.07) is 11.3. The lowest BCUT2D eigenvalue weighted by atomic mass is 10.1. The maximum absolute atomic E-state index is 12.2. The quantitative estimate of drug-likeness (QED) is 0.569. The largest absolute Gasteiger partial charge is 0.493 e. The highest BCUT2D eigenvalue weighted by Crippen LogP contribution is 2.27. The Morgan fingerprint density at radius 2 is 1.85 bits per heavy atom. The number of amides is 1. The predicted octanol–water partition coefficient (Wildman–Crippen LogP) is 3.63. The molecule has 0 aliphatic rings. The smallest absolute Gasteiger partial charge is 0.280 e. The number of benzene rings is 2. The number of hydrogen-bond donors (Lipinski definition) is 1. The van der Waals surface area contributed by atoms with Crippen LogP contribution in [0.1, 0.15) is 30.5 Å². The lowest BCUT2D eigenvalue weighted by Crippen LogP contribution is -2.33. The summed E-state index contributed by atoms with van der Waals surface area (Å²) in [5, 5.41) is 3.99. The fourth-order valence-electron chi connectivity index (χ4n) is 2.56. The number of methoxy groups -OCH3 is 1. The lowest BCUT2D eigenvalue weighted by molar-refractivity contribution is -0.127. The van der Waals surface area contributed by atoms with E-state index in [4.69, 9.17) is 14.2 Å². The number of hydrazone groups is 1. The van der Waals surface area contributed by atoms with E-state index in [0.717, 1.165) is 16.7 Å². The number of rotatable bonds is 8. The Kier molecular flexibility index (Phi) is 7.23. The molecule has 0 aliphatic heterocycles. The van der Waals surface area contributed by atoms with Crippen molar-refractivity contribution in [1.82, 2.24) is 5.43 Å². The molecule has 0 saturated heterocycles. The van der Waals surface area contributed by atoms with Crippen molar-refractivity contribution in [3.63, 3.8) is 0 Å². The second-order valence-electron chi connectivity index (χ2n) is 6.16. The first kappa shape index (κ1) is 20.3. The van der Waals surface area contributed by atoms with Crippen molar-refractivity contribution in [3.05, 3.63) is 53.1 Å². The van der Waals surface area contributed by atoms with Crippen LogP contribution >= 0.6 is 0 Å². The van der Waals surface area contributed by atoms with E-state index >= 15 is 0 Å². The predicted molar refractivity (Wildman–Crippen MR) is 106 cm³/mol. The molecular weight excluding hydrogens is 344 g/mol. The highest BCUT2D eigenvalue weighted by atomic mass is 16.5. The van der Waals surface area contributed by atoms with Gasteiger partial charge in [-0.05, 0) is 74.7 Å². The molecule has 0 heterocycles. The van der Waals surface area contributed by atoms with Crippen LogP contribution in [0.2, 0.25) is 0 Å². The first-order chi connectivity index (χ1) is 12.9. The number of ether oxygens (including phenoxy) is 3. The molecule has 0 bridgehead atoms. The number of carbonyl (C=O) groups is 1. The van der Waals surface area contributed by atoms with Gasteiger partial charge in [0.25, 0.3) is 5.91 Å². The SMILES string of the molecule is CCOc1ccc(C=NNC(=O)C(C)Oc2cc(C)cc(C)c2)cc1OC. The Morgan fingerprint density at radius 1 is 1.15 bits per heavy atom. The van der Waals surface area contributed by atoms with Gasteiger partial charge in [-0.25, -0.2) is 5.43 Å². The molecule has 6 nitrogen and oxygen atoms in total. The highest BCUT2D eigenvalue weighted by molar-refractivity contribution is 5.84. The second kappa shape index (κ2) is 9.62. The minimum absolute atomic E-state index is 0.330. The fraction of sp³-hybridized carbons (Fsp3) is 0.333. The minimum atomic E-state index is -0.668. The summed E-state index contributed by atoms with van der Waals surface area (Å²) in [4.78, 5) is 12.2. The van der Waals surface area contributed by atoms with Crippen molar-refractivity contribution in [1.29, 1.82) is 0 Å². The molecule has 1 atom stereocenters. The first-order valence-corrected chi connectivity index (χ1v) is 8.81. The van der Waals surface area contributed by atoms with Crippen LogP contribution in [0.3, 0.4) is 0 Å². The topological polar surface area (TPSA) is 69.2 Å². The third kappa shape index (κ3) is 6.02. The molecule has 1 N–H and O–H groups in total. The van der Waals surface area contributed by atoms with Gasteiger partial charge >= 0.3 is 0 Å². The molecule has 27 heavy (non-hydrogen) atoms. The molecule has 0 aromatic heterocycles. The molecule has 2 aromatic carbocycles. The van der Waals surface area contributed by atoms with Gasteiger partial charge in [0, 0.05) is 0 Å². The van der Waals surface area contributed by atoms with Gasteiger partial charge in [-0.1, -0.05) is 6.07 Å². The Hall–Kier alpha value is -3.02. The number of hydrogen-bond acceptors (Lipinski definition) is 5. The van der Waals surface area contributed by atoms with Crippen molar-refractivity contribution in [2.24, 2.45) is 5.10 Å². The van der Waals surface area contributed by atoms with Crippen LogP contribution in [0.4, 0.5) is 0 Å². The van der Waals surface area contributed by atoms with Crippen LogP contribution in [-0.4, -0.2) is 31.9 Å². The van der Waals surface area contributed by atoms with Crippen LogP contribution in [0, 0.1) is 13.8 Å². The molecule has 2 rings (SSSR count). The van der Waals surface area contributed by atoms with Gasteiger partial charge < -0.3 is 14.2 Å². The van der Waals surface area contributed by atoms with Crippen LogP contribution in [-0.2, 0) is 4.79 Å². The van der Waals surface area contributed by atoms with Gasteiger partial charge in [-0.15, -0.1) is 0 Å². The molecule has 0 saturated carbocycles. The van der Waals surface area contributed by atoms with E-state index in [1.807, 2.05) is 45.0 Å². The summed E-state index contributed by atoms with van der Waals surface area (Å²) in [7, 11) is 1.58. The van der Waals surface area contributed by atoms with Gasteiger partial charge in [-0.3, -0.25) is 4.79 Å². The van der Waals surface area contributed by atoms with E-state index in [1.165, 1.54) is 0 Å². The number of aryl methyl sites for hydroxylation is 2. The minimum Gasteiger partial charge on any atom is -0.493 e. The van der Waals surface area contributed by atoms with Gasteiger partial charge in [-0.2, -0.15) is 5.10 Å². The standard InChI is InChI=1S/C21H26N2O4/c1-6-26-19-8-7-17(12-20(19)25-5)13-22-23-21(24)16(4)27-18-10-14(2)9-15(3)11-18/h7-13,16H,6H2,1-5H3,(H,23,24). The summed E-state index contributed by atoms with van der Waals surface area (Å²) in [6.45, 7) is 8.12. The third-order valence-electron chi connectivity index (χ3n) is 3.75. The van der Waals surface area contributed by atoms with Crippen molar-refractivity contribution < 1.29 is 19.0 Å². The molecule has 0 radical (unpaired) electrons. The average Bonchev–Trinajstić information content (AvgIpc) is 2.62. The lowest BCUT2D eigenvalue weighted by Gasteiger charge is -2.14. The monoisotopic (exact) mass is 370 g/mol. The zero-order valence-corrected chi connectivity index (χ0v) is 16.4. The summed E-state index contributed by atoms with van der Waals surface area (Å²) >= 11 is 0. The van der Waals surface area contributed by atoms with E-state index in [2.05, 4.69) is 10.5 Å². The number of nitrogens with one attached hydrogen (secondary N) is 1. The molecule has 1 amide bonds. The van der Waals surface area contributed by atoms with Crippen molar-refractivity contribution in [2.75, 3.05) is 13.7 Å². The molecule has 144 valence electrons. The Labute approximate surface area is 160 Å². The molecule has 0 aliphatic carbocycles. The van der Waals surface area contributed by atoms with Crippen molar-refractivity contribution in [3.8, 4) is 17.2 Å². The maximum Gasteiger partial charge on any atom is 0.280 e. The van der Waals surface area contributed by atoms with E-state index in [9.17, 15) is 4.79 Å². The Morgan fingerprint density at radius 3 is 2.48 bits per heavy atom. The summed E-state index contributed by atoms with van der Waals surface area (Å²) in [5.74, 6) is 1.61.